The number of nitrogens with one attached hydrogen (secondary N) is 1. The van der Waals surface area contributed by atoms with E-state index in [0.717, 1.165) is 58.9 Å². The van der Waals surface area contributed by atoms with Crippen LogP contribution in [0, 0.1) is 0 Å². The zero-order valence-corrected chi connectivity index (χ0v) is 21.6. The summed E-state index contributed by atoms with van der Waals surface area (Å²) in [6.45, 7) is 4.24. The number of halogens is 1. The van der Waals surface area contributed by atoms with Crippen LogP contribution in [0.5, 0.6) is 0 Å². The van der Waals surface area contributed by atoms with E-state index in [4.69, 9.17) is 16.6 Å². The van der Waals surface area contributed by atoms with Crippen LogP contribution < -0.4 is 5.56 Å². The van der Waals surface area contributed by atoms with Gasteiger partial charge < -0.3 is 4.98 Å². The Morgan fingerprint density at radius 1 is 1.03 bits per heavy atom. The maximum atomic E-state index is 13.6. The standard InChI is InChI=1S/C32H31ClN2O/c1-3-25-26(4-2)34-31-29(23-13-9-6-10-14-23)32(36)35-27(20-17-21-15-18-24(33)19-16-21)30(31)28(25)22-11-7-5-8-12-22/h3,5-13,15-16,18-19,23,28H,4,14,17,20H2,1-2H3,(H,35,36)/b25-3-. The summed E-state index contributed by atoms with van der Waals surface area (Å²) in [5.41, 5.74) is 8.42. The van der Waals surface area contributed by atoms with Gasteiger partial charge in [0, 0.05) is 33.8 Å². The lowest BCUT2D eigenvalue weighted by atomic mass is 9.76. The Labute approximate surface area is 218 Å². The topological polar surface area (TPSA) is 45.2 Å². The highest BCUT2D eigenvalue weighted by atomic mass is 35.5. The minimum absolute atomic E-state index is 0.0169. The molecule has 0 saturated carbocycles. The van der Waals surface area contributed by atoms with Crippen molar-refractivity contribution in [2.24, 2.45) is 4.99 Å². The van der Waals surface area contributed by atoms with Crippen molar-refractivity contribution >= 4 is 23.0 Å². The monoisotopic (exact) mass is 494 g/mol. The summed E-state index contributed by atoms with van der Waals surface area (Å²) in [7, 11) is 0. The van der Waals surface area contributed by atoms with E-state index >= 15 is 0 Å². The van der Waals surface area contributed by atoms with E-state index in [1.807, 2.05) is 24.3 Å². The smallest absolute Gasteiger partial charge is 0.254 e. The summed E-state index contributed by atoms with van der Waals surface area (Å²) in [5, 5.41) is 0.728. The molecule has 2 aliphatic rings. The molecule has 5 rings (SSSR count). The van der Waals surface area contributed by atoms with Crippen LogP contribution in [-0.4, -0.2) is 10.7 Å². The van der Waals surface area contributed by atoms with Gasteiger partial charge in [-0.2, -0.15) is 0 Å². The number of benzene rings is 2. The zero-order valence-electron chi connectivity index (χ0n) is 20.8. The fourth-order valence-corrected chi connectivity index (χ4v) is 5.61. The predicted octanol–water partition coefficient (Wildman–Crippen LogP) is 7.99. The quantitative estimate of drug-likeness (QED) is 0.370. The lowest BCUT2D eigenvalue weighted by Crippen LogP contribution is -2.26. The molecule has 1 N–H and O–H groups in total. The first kappa shape index (κ1) is 24.3. The molecule has 0 amide bonds. The molecule has 182 valence electrons. The second-order valence-corrected chi connectivity index (χ2v) is 9.83. The first-order chi connectivity index (χ1) is 17.6. The molecule has 0 fully saturated rings. The second kappa shape index (κ2) is 10.7. The van der Waals surface area contributed by atoms with Crippen molar-refractivity contribution in [2.75, 3.05) is 0 Å². The van der Waals surface area contributed by atoms with Gasteiger partial charge in [0.15, 0.2) is 0 Å². The minimum atomic E-state index is -0.0280. The lowest BCUT2D eigenvalue weighted by molar-refractivity contribution is 0.789. The molecule has 2 aromatic carbocycles. The number of fused-ring (bicyclic) bond motifs is 1. The van der Waals surface area contributed by atoms with Crippen molar-refractivity contribution in [3.05, 3.63) is 134 Å². The van der Waals surface area contributed by atoms with Crippen LogP contribution in [0.25, 0.3) is 0 Å². The van der Waals surface area contributed by atoms with Gasteiger partial charge in [0.05, 0.1) is 11.3 Å². The van der Waals surface area contributed by atoms with Crippen molar-refractivity contribution in [3.8, 4) is 0 Å². The van der Waals surface area contributed by atoms with Crippen molar-refractivity contribution in [1.29, 1.82) is 0 Å². The molecule has 0 radical (unpaired) electrons. The SMILES string of the molecule is C/C=C1/C(CC)=Nc2c(c(CCc3ccc(Cl)cc3)[nH]c(=O)c2C2C=CC=CC2)C1c1ccccc1. The molecular weight excluding hydrogens is 464 g/mol. The Bertz CT molecular complexity index is 1430. The number of pyridine rings is 1. The Balaban J connectivity index is 1.73. The molecule has 4 heteroatoms. The fourth-order valence-electron chi connectivity index (χ4n) is 5.48. The number of H-pyrrole nitrogens is 1. The van der Waals surface area contributed by atoms with Crippen LogP contribution in [0.4, 0.5) is 5.69 Å². The molecule has 36 heavy (non-hydrogen) atoms. The van der Waals surface area contributed by atoms with Crippen molar-refractivity contribution in [1.82, 2.24) is 4.98 Å². The normalized spacial score (nSPS) is 19.9. The number of nitrogens with zero attached hydrogens (tertiary/aromatic N) is 1. The van der Waals surface area contributed by atoms with E-state index in [1.165, 1.54) is 16.7 Å². The van der Waals surface area contributed by atoms with Crippen LogP contribution >= 0.6 is 11.6 Å². The van der Waals surface area contributed by atoms with Crippen molar-refractivity contribution in [3.63, 3.8) is 0 Å². The molecule has 2 unspecified atom stereocenters. The van der Waals surface area contributed by atoms with Gasteiger partial charge in [0.2, 0.25) is 0 Å². The van der Waals surface area contributed by atoms with Crippen molar-refractivity contribution in [2.45, 2.75) is 51.4 Å². The van der Waals surface area contributed by atoms with E-state index in [9.17, 15) is 4.79 Å². The van der Waals surface area contributed by atoms with Gasteiger partial charge in [-0.3, -0.25) is 9.79 Å². The third-order valence-corrected chi connectivity index (χ3v) is 7.48. The second-order valence-electron chi connectivity index (χ2n) is 9.39. The fraction of sp³-hybridized carbons (Fsp3) is 0.250. The minimum Gasteiger partial charge on any atom is -0.326 e. The van der Waals surface area contributed by atoms with Crippen LogP contribution in [0.3, 0.4) is 0 Å². The summed E-state index contributed by atoms with van der Waals surface area (Å²) in [5.74, 6) is 0.0424. The van der Waals surface area contributed by atoms with E-state index < -0.39 is 0 Å². The van der Waals surface area contributed by atoms with Gasteiger partial charge in [-0.1, -0.05) is 91.4 Å². The highest BCUT2D eigenvalue weighted by Crippen LogP contribution is 2.47. The summed E-state index contributed by atoms with van der Waals surface area (Å²) in [4.78, 5) is 22.2. The number of aromatic amines is 1. The number of aliphatic imine (C=N–C) groups is 1. The number of aryl methyl sites for hydroxylation is 2. The van der Waals surface area contributed by atoms with Crippen molar-refractivity contribution < 1.29 is 0 Å². The molecule has 1 aromatic heterocycles. The van der Waals surface area contributed by atoms with E-state index in [1.54, 1.807) is 0 Å². The van der Waals surface area contributed by atoms with Gasteiger partial charge in [-0.05, 0) is 61.4 Å². The molecule has 0 saturated heterocycles. The van der Waals surface area contributed by atoms with Gasteiger partial charge in [-0.25, -0.2) is 0 Å². The Morgan fingerprint density at radius 3 is 2.47 bits per heavy atom. The van der Waals surface area contributed by atoms with Gasteiger partial charge in [0.25, 0.3) is 5.56 Å². The number of hydrogen-bond acceptors (Lipinski definition) is 2. The Hall–Kier alpha value is -3.43. The molecule has 0 spiro atoms. The summed E-state index contributed by atoms with van der Waals surface area (Å²) < 4.78 is 0. The number of allylic oxidation sites excluding steroid dienone is 6. The molecule has 2 heterocycles. The molecule has 3 nitrogen and oxygen atoms in total. The largest absolute Gasteiger partial charge is 0.326 e. The van der Waals surface area contributed by atoms with Gasteiger partial charge in [-0.15, -0.1) is 0 Å². The molecule has 1 aliphatic carbocycles. The van der Waals surface area contributed by atoms with Crippen LogP contribution in [0.15, 0.2) is 100 Å². The van der Waals surface area contributed by atoms with Crippen LogP contribution in [0.1, 0.15) is 66.5 Å². The first-order valence-electron chi connectivity index (χ1n) is 12.8. The molecule has 2 atom stereocenters. The maximum absolute atomic E-state index is 13.6. The number of hydrogen-bond donors (Lipinski definition) is 1. The first-order valence-corrected chi connectivity index (χ1v) is 13.1. The molecule has 0 bridgehead atoms. The molecular formula is C32H31ClN2O. The van der Waals surface area contributed by atoms with Gasteiger partial charge >= 0.3 is 0 Å². The average molecular weight is 495 g/mol. The van der Waals surface area contributed by atoms with E-state index in [-0.39, 0.29) is 17.4 Å². The predicted molar refractivity (Wildman–Crippen MR) is 151 cm³/mol. The number of rotatable bonds is 6. The summed E-state index contributed by atoms with van der Waals surface area (Å²) in [6, 6.07) is 18.6. The van der Waals surface area contributed by atoms with E-state index in [0.29, 0.717) is 0 Å². The third-order valence-electron chi connectivity index (χ3n) is 7.23. The van der Waals surface area contributed by atoms with E-state index in [2.05, 4.69) is 79.5 Å². The van der Waals surface area contributed by atoms with Crippen LogP contribution in [-0.2, 0) is 12.8 Å². The Kier molecular flexibility index (Phi) is 7.20. The number of aromatic nitrogens is 1. The Morgan fingerprint density at radius 2 is 1.81 bits per heavy atom. The average Bonchev–Trinajstić information content (AvgIpc) is 2.92. The van der Waals surface area contributed by atoms with Crippen LogP contribution in [0.2, 0.25) is 5.02 Å². The third kappa shape index (κ3) is 4.68. The molecule has 3 aromatic rings. The lowest BCUT2D eigenvalue weighted by Gasteiger charge is -2.32. The maximum Gasteiger partial charge on any atom is 0.254 e. The highest BCUT2D eigenvalue weighted by Gasteiger charge is 2.34. The highest BCUT2D eigenvalue weighted by molar-refractivity contribution is 6.30. The molecule has 1 aliphatic heterocycles. The van der Waals surface area contributed by atoms with Gasteiger partial charge in [0.1, 0.15) is 0 Å². The summed E-state index contributed by atoms with van der Waals surface area (Å²) >= 11 is 6.10. The zero-order chi connectivity index (χ0) is 25.1. The summed E-state index contributed by atoms with van der Waals surface area (Å²) in [6.07, 6.45) is 13.7.